The van der Waals surface area contributed by atoms with Gasteiger partial charge in [0.1, 0.15) is 0 Å². The Labute approximate surface area is 151 Å². The van der Waals surface area contributed by atoms with Crippen LogP contribution in [-0.2, 0) is 22.7 Å². The summed E-state index contributed by atoms with van der Waals surface area (Å²) in [6.07, 6.45) is 1.13. The molecule has 0 radical (unpaired) electrons. The lowest BCUT2D eigenvalue weighted by Crippen LogP contribution is -2.54. The average Bonchev–Trinajstić information content (AvgIpc) is 2.55. The monoisotopic (exact) mass is 347 g/mol. The fraction of sp³-hybridized carbons (Fsp3) is 0.650. The minimum absolute atomic E-state index is 0.0549. The van der Waals surface area contributed by atoms with Gasteiger partial charge >= 0.3 is 0 Å². The van der Waals surface area contributed by atoms with E-state index in [1.54, 1.807) is 0 Å². The molecule has 1 aliphatic heterocycles. The minimum Gasteiger partial charge on any atom is -0.374 e. The van der Waals surface area contributed by atoms with Crippen LogP contribution in [0.5, 0.6) is 0 Å². The van der Waals surface area contributed by atoms with Gasteiger partial charge in [0, 0.05) is 25.7 Å². The number of carbonyl (C=O) groups is 1. The van der Waals surface area contributed by atoms with Gasteiger partial charge in [0.05, 0.1) is 19.3 Å². The first-order valence-electron chi connectivity index (χ1n) is 9.21. The maximum atomic E-state index is 12.3. The molecule has 25 heavy (non-hydrogen) atoms. The molecule has 0 aliphatic carbocycles. The number of piperidine rings is 1. The number of nitrogens with zero attached hydrogens (tertiary/aromatic N) is 1. The van der Waals surface area contributed by atoms with Crippen LogP contribution in [-0.4, -0.2) is 42.6 Å². The van der Waals surface area contributed by atoms with Crippen LogP contribution in [0, 0.1) is 5.41 Å². The molecule has 1 unspecified atom stereocenters. The highest BCUT2D eigenvalue weighted by molar-refractivity contribution is 5.78. The third-order valence-corrected chi connectivity index (χ3v) is 4.93. The van der Waals surface area contributed by atoms with Crippen LogP contribution >= 0.6 is 0 Å². The van der Waals surface area contributed by atoms with Crippen molar-refractivity contribution in [2.24, 2.45) is 11.1 Å². The number of nitrogens with one attached hydrogen (secondary N) is 1. The second-order valence-corrected chi connectivity index (χ2v) is 8.00. The van der Waals surface area contributed by atoms with Crippen molar-refractivity contribution in [2.75, 3.05) is 19.6 Å². The van der Waals surface area contributed by atoms with Crippen molar-refractivity contribution in [3.8, 4) is 0 Å². The highest BCUT2D eigenvalue weighted by atomic mass is 16.5. The van der Waals surface area contributed by atoms with Gasteiger partial charge in [-0.3, -0.25) is 9.69 Å². The average molecular weight is 348 g/mol. The lowest BCUT2D eigenvalue weighted by Gasteiger charge is -2.42. The van der Waals surface area contributed by atoms with E-state index >= 15 is 0 Å². The second-order valence-electron chi connectivity index (χ2n) is 8.00. The lowest BCUT2D eigenvalue weighted by molar-refractivity contribution is -0.123. The van der Waals surface area contributed by atoms with E-state index in [4.69, 9.17) is 10.5 Å². The zero-order valence-electron chi connectivity index (χ0n) is 16.0. The van der Waals surface area contributed by atoms with Gasteiger partial charge in [-0.05, 0) is 36.8 Å². The van der Waals surface area contributed by atoms with Crippen molar-refractivity contribution >= 4 is 5.91 Å². The van der Waals surface area contributed by atoms with Crippen LogP contribution < -0.4 is 11.1 Å². The van der Waals surface area contributed by atoms with Crippen LogP contribution in [0.1, 0.15) is 45.2 Å². The molecule has 2 rings (SSSR count). The Morgan fingerprint density at radius 3 is 2.68 bits per heavy atom. The van der Waals surface area contributed by atoms with Gasteiger partial charge in [-0.25, -0.2) is 0 Å². The summed E-state index contributed by atoms with van der Waals surface area (Å²) in [4.78, 5) is 14.5. The van der Waals surface area contributed by atoms with Gasteiger partial charge < -0.3 is 15.8 Å². The summed E-state index contributed by atoms with van der Waals surface area (Å²) < 4.78 is 5.70. The quantitative estimate of drug-likeness (QED) is 0.794. The van der Waals surface area contributed by atoms with E-state index in [1.165, 1.54) is 0 Å². The maximum Gasteiger partial charge on any atom is 0.234 e. The summed E-state index contributed by atoms with van der Waals surface area (Å²) in [5, 5.41) is 3.05. The Morgan fingerprint density at radius 2 is 2.04 bits per heavy atom. The Morgan fingerprint density at radius 1 is 1.36 bits per heavy atom. The summed E-state index contributed by atoms with van der Waals surface area (Å²) in [6.45, 7) is 11.7. The Balaban J connectivity index is 1.84. The van der Waals surface area contributed by atoms with Crippen molar-refractivity contribution in [1.82, 2.24) is 10.2 Å². The first-order chi connectivity index (χ1) is 11.8. The molecule has 1 aliphatic rings. The lowest BCUT2D eigenvalue weighted by atomic mass is 9.80. The molecular weight excluding hydrogens is 314 g/mol. The highest BCUT2D eigenvalue weighted by Gasteiger charge is 2.33. The topological polar surface area (TPSA) is 67.6 Å². The molecule has 1 aromatic rings. The number of ether oxygens (including phenoxy) is 1. The van der Waals surface area contributed by atoms with Crippen LogP contribution in [0.15, 0.2) is 24.3 Å². The zero-order valence-corrected chi connectivity index (χ0v) is 16.0. The summed E-state index contributed by atoms with van der Waals surface area (Å²) in [5.74, 6) is 0.0610. The van der Waals surface area contributed by atoms with Gasteiger partial charge in [0.2, 0.25) is 5.91 Å². The summed E-state index contributed by atoms with van der Waals surface area (Å²) in [7, 11) is 0. The molecule has 1 heterocycles. The normalized spacial score (nSPS) is 20.6. The van der Waals surface area contributed by atoms with E-state index in [0.717, 1.165) is 30.6 Å². The Kier molecular flexibility index (Phi) is 6.99. The molecule has 0 spiro atoms. The molecule has 5 nitrogen and oxygen atoms in total. The number of rotatable bonds is 7. The third kappa shape index (κ3) is 6.10. The van der Waals surface area contributed by atoms with Crippen molar-refractivity contribution in [1.29, 1.82) is 0 Å². The molecule has 5 heteroatoms. The Bertz CT molecular complexity index is 572. The van der Waals surface area contributed by atoms with Gasteiger partial charge in [-0.2, -0.15) is 0 Å². The van der Waals surface area contributed by atoms with Crippen LogP contribution in [0.25, 0.3) is 0 Å². The fourth-order valence-corrected chi connectivity index (χ4v) is 3.20. The van der Waals surface area contributed by atoms with E-state index in [9.17, 15) is 4.79 Å². The van der Waals surface area contributed by atoms with E-state index in [-0.39, 0.29) is 23.5 Å². The highest BCUT2D eigenvalue weighted by Crippen LogP contribution is 2.27. The molecule has 1 fully saturated rings. The Hall–Kier alpha value is -1.43. The number of benzene rings is 1. The zero-order chi connectivity index (χ0) is 18.4. The number of hydrogen-bond donors (Lipinski definition) is 2. The van der Waals surface area contributed by atoms with Crippen molar-refractivity contribution in [3.63, 3.8) is 0 Å². The maximum absolute atomic E-state index is 12.3. The third-order valence-electron chi connectivity index (χ3n) is 4.93. The molecular formula is C20H33N3O2. The van der Waals surface area contributed by atoms with Gasteiger partial charge in [-0.15, -0.1) is 0 Å². The molecule has 3 N–H and O–H groups in total. The molecule has 0 bridgehead atoms. The van der Waals surface area contributed by atoms with Crippen LogP contribution in [0.3, 0.4) is 0 Å². The predicted molar refractivity (Wildman–Crippen MR) is 101 cm³/mol. The molecule has 1 saturated heterocycles. The van der Waals surface area contributed by atoms with Crippen LogP contribution in [0.2, 0.25) is 0 Å². The van der Waals surface area contributed by atoms with Crippen molar-refractivity contribution < 1.29 is 9.53 Å². The predicted octanol–water partition coefficient (Wildman–Crippen LogP) is 2.29. The summed E-state index contributed by atoms with van der Waals surface area (Å²) in [6, 6.07) is 8.30. The van der Waals surface area contributed by atoms with Gasteiger partial charge in [0.25, 0.3) is 0 Å². The summed E-state index contributed by atoms with van der Waals surface area (Å²) in [5.41, 5.74) is 8.46. The van der Waals surface area contributed by atoms with E-state index < -0.39 is 0 Å². The smallest absolute Gasteiger partial charge is 0.234 e. The van der Waals surface area contributed by atoms with Gasteiger partial charge in [-0.1, -0.05) is 38.1 Å². The number of hydrogen-bond acceptors (Lipinski definition) is 4. The number of carbonyl (C=O) groups excluding carboxylic acids is 1. The second kappa shape index (κ2) is 8.79. The largest absolute Gasteiger partial charge is 0.374 e. The van der Waals surface area contributed by atoms with Crippen LogP contribution in [0.4, 0.5) is 0 Å². The standard InChI is InChI=1S/C20H33N3O2/c1-15(2)25-13-17-8-6-5-7-16(17)11-22-19(24)12-23-10-9-18(21)20(3,4)14-23/h5-8,15,18H,9-14,21H2,1-4H3,(H,22,24). The molecule has 1 atom stereocenters. The van der Waals surface area contributed by atoms with Crippen molar-refractivity contribution in [3.05, 3.63) is 35.4 Å². The number of likely N-dealkylation sites (tertiary alicyclic amines) is 1. The molecule has 1 aromatic carbocycles. The molecule has 140 valence electrons. The minimum atomic E-state index is 0.0549. The fourth-order valence-electron chi connectivity index (χ4n) is 3.20. The molecule has 0 saturated carbocycles. The SMILES string of the molecule is CC(C)OCc1ccccc1CNC(=O)CN1CCC(N)C(C)(C)C1. The van der Waals surface area contributed by atoms with E-state index in [0.29, 0.717) is 19.7 Å². The number of amides is 1. The molecule has 0 aromatic heterocycles. The van der Waals surface area contributed by atoms with E-state index in [2.05, 4.69) is 30.1 Å². The van der Waals surface area contributed by atoms with Gasteiger partial charge in [0.15, 0.2) is 0 Å². The first-order valence-corrected chi connectivity index (χ1v) is 9.21. The number of nitrogens with two attached hydrogens (primary N) is 1. The molecule has 1 amide bonds. The first kappa shape index (κ1) is 19.9. The van der Waals surface area contributed by atoms with E-state index in [1.807, 2.05) is 32.0 Å². The summed E-state index contributed by atoms with van der Waals surface area (Å²) >= 11 is 0. The van der Waals surface area contributed by atoms with Crippen molar-refractivity contribution in [2.45, 2.75) is 59.4 Å².